The lowest BCUT2D eigenvalue weighted by atomic mass is 9.82. The Labute approximate surface area is 125 Å². The summed E-state index contributed by atoms with van der Waals surface area (Å²) >= 11 is 0. The summed E-state index contributed by atoms with van der Waals surface area (Å²) < 4.78 is 0. The molecule has 1 heteroatoms. The zero-order valence-electron chi connectivity index (χ0n) is 11.8. The van der Waals surface area contributed by atoms with Crippen LogP contribution in [0.3, 0.4) is 0 Å². The van der Waals surface area contributed by atoms with Gasteiger partial charge in [-0.25, -0.2) is 0 Å². The highest BCUT2D eigenvalue weighted by atomic mass is 14.9. The van der Waals surface area contributed by atoms with E-state index in [1.165, 1.54) is 28.1 Å². The number of hydrogen-bond acceptors (Lipinski definition) is 1. The van der Waals surface area contributed by atoms with Crippen LogP contribution in [0.5, 0.6) is 0 Å². The fourth-order valence-electron chi connectivity index (χ4n) is 3.21. The van der Waals surface area contributed by atoms with Crippen LogP contribution in [0.2, 0.25) is 0 Å². The van der Waals surface area contributed by atoms with Crippen LogP contribution in [0.1, 0.15) is 22.6 Å². The highest BCUT2D eigenvalue weighted by molar-refractivity contribution is 5.73. The average Bonchev–Trinajstić information content (AvgIpc) is 2.55. The predicted molar refractivity (Wildman–Crippen MR) is 88.2 cm³/mol. The molecule has 0 aromatic heterocycles. The van der Waals surface area contributed by atoms with Gasteiger partial charge >= 0.3 is 0 Å². The van der Waals surface area contributed by atoms with Gasteiger partial charge in [-0.1, -0.05) is 66.7 Å². The van der Waals surface area contributed by atoms with E-state index in [1.807, 2.05) is 0 Å². The molecule has 0 saturated carbocycles. The van der Waals surface area contributed by atoms with Gasteiger partial charge in [0.05, 0.1) is 0 Å². The van der Waals surface area contributed by atoms with Crippen molar-refractivity contribution in [2.45, 2.75) is 12.3 Å². The van der Waals surface area contributed by atoms with Crippen molar-refractivity contribution in [2.75, 3.05) is 5.32 Å². The van der Waals surface area contributed by atoms with Crippen molar-refractivity contribution in [2.24, 2.45) is 0 Å². The van der Waals surface area contributed by atoms with Crippen molar-refractivity contribution in [3.8, 4) is 0 Å². The maximum atomic E-state index is 3.56. The van der Waals surface area contributed by atoms with E-state index in [1.54, 1.807) is 0 Å². The summed E-state index contributed by atoms with van der Waals surface area (Å²) in [6, 6.07) is 28.0. The lowest BCUT2D eigenvalue weighted by Crippen LogP contribution is -2.14. The Bertz CT molecular complexity index is 716. The molecule has 0 aliphatic carbocycles. The van der Waals surface area contributed by atoms with Crippen molar-refractivity contribution >= 4 is 11.4 Å². The van der Waals surface area contributed by atoms with Crippen LogP contribution in [0.25, 0.3) is 0 Å². The zero-order chi connectivity index (χ0) is 14.1. The molecule has 3 aromatic rings. The second-order valence-corrected chi connectivity index (χ2v) is 5.54. The molecule has 0 unspecified atom stereocenters. The molecule has 0 fully saturated rings. The number of nitrogens with one attached hydrogen (secondary N) is 1. The first-order chi connectivity index (χ1) is 10.4. The standard InChI is InChI=1S/C20H17N/c1-2-8-15(9-3-1)14-18-16-10-4-6-12-19(16)21-20-13-7-5-11-17(18)20/h1-13,18,21H,14H2. The molecule has 0 spiro atoms. The molecule has 0 bridgehead atoms. The van der Waals surface area contributed by atoms with Gasteiger partial charge in [0, 0.05) is 17.3 Å². The first-order valence-electron chi connectivity index (χ1n) is 7.40. The summed E-state index contributed by atoms with van der Waals surface area (Å²) in [5.41, 5.74) is 6.63. The molecule has 1 aliphatic rings. The van der Waals surface area contributed by atoms with Gasteiger partial charge in [-0.15, -0.1) is 0 Å². The molecule has 0 radical (unpaired) electrons. The molecule has 0 saturated heterocycles. The third-order valence-corrected chi connectivity index (χ3v) is 4.22. The van der Waals surface area contributed by atoms with Gasteiger partial charge < -0.3 is 5.32 Å². The lowest BCUT2D eigenvalue weighted by Gasteiger charge is -2.29. The summed E-state index contributed by atoms with van der Waals surface area (Å²) in [6.45, 7) is 0. The quantitative estimate of drug-likeness (QED) is 0.682. The predicted octanol–water partition coefficient (Wildman–Crippen LogP) is 5.12. The molecule has 1 heterocycles. The van der Waals surface area contributed by atoms with Gasteiger partial charge in [0.1, 0.15) is 0 Å². The summed E-state index contributed by atoms with van der Waals surface area (Å²) in [5, 5.41) is 3.56. The molecule has 1 nitrogen and oxygen atoms in total. The fourth-order valence-corrected chi connectivity index (χ4v) is 3.21. The Kier molecular flexibility index (Phi) is 2.97. The van der Waals surface area contributed by atoms with Crippen molar-refractivity contribution in [1.29, 1.82) is 0 Å². The molecular weight excluding hydrogens is 254 g/mol. The summed E-state index contributed by atoms with van der Waals surface area (Å²) in [7, 11) is 0. The third kappa shape index (κ3) is 2.21. The average molecular weight is 271 g/mol. The summed E-state index contributed by atoms with van der Waals surface area (Å²) in [4.78, 5) is 0. The van der Waals surface area contributed by atoms with Crippen LogP contribution in [0.15, 0.2) is 78.9 Å². The number of benzene rings is 3. The van der Waals surface area contributed by atoms with Crippen molar-refractivity contribution in [3.05, 3.63) is 95.6 Å². The topological polar surface area (TPSA) is 12.0 Å². The summed E-state index contributed by atoms with van der Waals surface area (Å²) in [6.07, 6.45) is 1.04. The Hall–Kier alpha value is -2.54. The summed E-state index contributed by atoms with van der Waals surface area (Å²) in [5.74, 6) is 0.418. The third-order valence-electron chi connectivity index (χ3n) is 4.22. The first kappa shape index (κ1) is 12.2. The molecule has 0 amide bonds. The fraction of sp³-hybridized carbons (Fsp3) is 0.100. The van der Waals surface area contributed by atoms with Crippen LogP contribution in [0.4, 0.5) is 11.4 Å². The van der Waals surface area contributed by atoms with Gasteiger partial charge in [-0.05, 0) is 35.2 Å². The zero-order valence-corrected chi connectivity index (χ0v) is 11.8. The van der Waals surface area contributed by atoms with E-state index in [-0.39, 0.29) is 0 Å². The van der Waals surface area contributed by atoms with E-state index in [0.717, 1.165) is 6.42 Å². The second kappa shape index (κ2) is 5.10. The van der Waals surface area contributed by atoms with Gasteiger partial charge in [-0.3, -0.25) is 0 Å². The van der Waals surface area contributed by atoms with Crippen LogP contribution in [-0.2, 0) is 6.42 Å². The van der Waals surface area contributed by atoms with E-state index in [4.69, 9.17) is 0 Å². The Morgan fingerprint density at radius 2 is 1.14 bits per heavy atom. The van der Waals surface area contributed by atoms with Crippen LogP contribution < -0.4 is 5.32 Å². The van der Waals surface area contributed by atoms with Crippen molar-refractivity contribution in [1.82, 2.24) is 0 Å². The number of anilines is 2. The number of hydrogen-bond donors (Lipinski definition) is 1. The molecule has 4 rings (SSSR count). The van der Waals surface area contributed by atoms with Crippen LogP contribution in [0, 0.1) is 0 Å². The number of para-hydroxylation sites is 2. The lowest BCUT2D eigenvalue weighted by molar-refractivity contribution is 0.800. The molecule has 1 aliphatic heterocycles. The van der Waals surface area contributed by atoms with Gasteiger partial charge in [0.15, 0.2) is 0 Å². The normalized spacial score (nSPS) is 13.1. The van der Waals surface area contributed by atoms with Crippen LogP contribution >= 0.6 is 0 Å². The van der Waals surface area contributed by atoms with Crippen molar-refractivity contribution in [3.63, 3.8) is 0 Å². The monoisotopic (exact) mass is 271 g/mol. The maximum absolute atomic E-state index is 3.56. The highest BCUT2D eigenvalue weighted by Crippen LogP contribution is 2.42. The van der Waals surface area contributed by atoms with Gasteiger partial charge in [0.25, 0.3) is 0 Å². The largest absolute Gasteiger partial charge is 0.355 e. The van der Waals surface area contributed by atoms with Gasteiger partial charge in [-0.2, -0.15) is 0 Å². The van der Waals surface area contributed by atoms with Gasteiger partial charge in [0.2, 0.25) is 0 Å². The van der Waals surface area contributed by atoms with E-state index >= 15 is 0 Å². The Balaban J connectivity index is 1.82. The highest BCUT2D eigenvalue weighted by Gasteiger charge is 2.24. The second-order valence-electron chi connectivity index (χ2n) is 5.54. The maximum Gasteiger partial charge on any atom is 0.0423 e. The molecular formula is C20H17N. The molecule has 3 aromatic carbocycles. The van der Waals surface area contributed by atoms with Crippen molar-refractivity contribution < 1.29 is 0 Å². The smallest absolute Gasteiger partial charge is 0.0423 e. The number of rotatable bonds is 2. The SMILES string of the molecule is c1ccc(CC2c3ccccc3Nc3ccccc32)cc1. The van der Waals surface area contributed by atoms with E-state index in [9.17, 15) is 0 Å². The van der Waals surface area contributed by atoms with E-state index < -0.39 is 0 Å². The molecule has 1 N–H and O–H groups in total. The van der Waals surface area contributed by atoms with E-state index in [2.05, 4.69) is 84.2 Å². The molecule has 0 atom stereocenters. The first-order valence-corrected chi connectivity index (χ1v) is 7.40. The van der Waals surface area contributed by atoms with E-state index in [0.29, 0.717) is 5.92 Å². The number of fused-ring (bicyclic) bond motifs is 2. The molecule has 102 valence electrons. The molecule has 21 heavy (non-hydrogen) atoms. The Morgan fingerprint density at radius 1 is 0.619 bits per heavy atom. The minimum atomic E-state index is 0.418. The minimum Gasteiger partial charge on any atom is -0.355 e. The Morgan fingerprint density at radius 3 is 1.76 bits per heavy atom. The van der Waals surface area contributed by atoms with Crippen LogP contribution in [-0.4, -0.2) is 0 Å². The minimum absolute atomic E-state index is 0.418.